The van der Waals surface area contributed by atoms with Crippen LogP contribution in [-0.2, 0) is 0 Å². The number of nitrogens with zero attached hydrogens (tertiary/aromatic N) is 2. The van der Waals surface area contributed by atoms with Gasteiger partial charge in [-0.1, -0.05) is 18.2 Å². The molecule has 1 aliphatic heterocycles. The zero-order valence-electron chi connectivity index (χ0n) is 15.6. The fourth-order valence-corrected chi connectivity index (χ4v) is 3.20. The predicted molar refractivity (Wildman–Crippen MR) is 116 cm³/mol. The molecule has 0 bridgehead atoms. The van der Waals surface area contributed by atoms with E-state index in [2.05, 4.69) is 27.0 Å². The summed E-state index contributed by atoms with van der Waals surface area (Å²) < 4.78 is 10.8. The average Bonchev–Trinajstić information content (AvgIpc) is 3.19. The van der Waals surface area contributed by atoms with Gasteiger partial charge in [-0.25, -0.2) is 4.98 Å². The van der Waals surface area contributed by atoms with Crippen LogP contribution in [0, 0.1) is 11.3 Å². The van der Waals surface area contributed by atoms with Gasteiger partial charge in [0, 0.05) is 30.2 Å². The number of hydrogen-bond donors (Lipinski definition) is 3. The zero-order valence-corrected chi connectivity index (χ0v) is 16.4. The second kappa shape index (κ2) is 8.63. The fraction of sp³-hybridized carbons (Fsp3) is 0.190. The van der Waals surface area contributed by atoms with Crippen LogP contribution in [0.15, 0.2) is 48.5 Å². The zero-order chi connectivity index (χ0) is 20.1. The van der Waals surface area contributed by atoms with Crippen LogP contribution >= 0.6 is 12.2 Å². The number of ether oxygens (including phenoxy) is 2. The van der Waals surface area contributed by atoms with Crippen molar-refractivity contribution >= 4 is 39.7 Å². The van der Waals surface area contributed by atoms with Gasteiger partial charge in [0.1, 0.15) is 11.9 Å². The van der Waals surface area contributed by atoms with E-state index in [1.807, 2.05) is 48.5 Å². The van der Waals surface area contributed by atoms with Crippen LogP contribution in [0.5, 0.6) is 11.5 Å². The maximum atomic E-state index is 9.46. The van der Waals surface area contributed by atoms with Crippen molar-refractivity contribution in [2.45, 2.75) is 6.42 Å². The molecule has 4 rings (SSSR count). The molecular formula is C21H19N5O2S. The lowest BCUT2D eigenvalue weighted by atomic mass is 10.1. The number of rotatable bonds is 6. The molecule has 8 heteroatoms. The molecule has 1 aromatic heterocycles. The number of benzene rings is 2. The lowest BCUT2D eigenvalue weighted by Crippen LogP contribution is -2.30. The van der Waals surface area contributed by atoms with E-state index in [1.165, 1.54) is 0 Å². The van der Waals surface area contributed by atoms with Crippen molar-refractivity contribution in [3.05, 3.63) is 54.1 Å². The van der Waals surface area contributed by atoms with Crippen LogP contribution < -0.4 is 25.4 Å². The highest BCUT2D eigenvalue weighted by atomic mass is 32.1. The molecule has 146 valence electrons. The van der Waals surface area contributed by atoms with E-state index in [1.54, 1.807) is 0 Å². The van der Waals surface area contributed by atoms with Gasteiger partial charge >= 0.3 is 0 Å². The van der Waals surface area contributed by atoms with Crippen molar-refractivity contribution in [1.82, 2.24) is 10.3 Å². The summed E-state index contributed by atoms with van der Waals surface area (Å²) in [6.07, 6.45) is 0.808. The number of hydrogen-bond acceptors (Lipinski definition) is 6. The van der Waals surface area contributed by atoms with E-state index in [-0.39, 0.29) is 6.79 Å². The molecule has 29 heavy (non-hydrogen) atoms. The summed E-state index contributed by atoms with van der Waals surface area (Å²) in [6, 6.07) is 17.5. The van der Waals surface area contributed by atoms with Crippen LogP contribution in [0.25, 0.3) is 10.9 Å². The molecule has 0 spiro atoms. The molecule has 0 atom stereocenters. The molecule has 0 saturated carbocycles. The van der Waals surface area contributed by atoms with E-state index < -0.39 is 0 Å². The Morgan fingerprint density at radius 1 is 1.10 bits per heavy atom. The summed E-state index contributed by atoms with van der Waals surface area (Å²) in [5.74, 6) is 1.91. The van der Waals surface area contributed by atoms with E-state index in [0.717, 1.165) is 23.0 Å². The Kier molecular flexibility index (Phi) is 5.59. The predicted octanol–water partition coefficient (Wildman–Crippen LogP) is 3.62. The molecule has 0 unspecified atom stereocenters. The smallest absolute Gasteiger partial charge is 0.231 e. The van der Waals surface area contributed by atoms with Gasteiger partial charge in [-0.05, 0) is 42.9 Å². The second-order valence-electron chi connectivity index (χ2n) is 6.42. The normalized spacial score (nSPS) is 11.7. The molecule has 0 fully saturated rings. The lowest BCUT2D eigenvalue weighted by Gasteiger charge is -2.12. The molecule has 2 aromatic carbocycles. The van der Waals surface area contributed by atoms with Crippen molar-refractivity contribution in [2.24, 2.45) is 0 Å². The summed E-state index contributed by atoms with van der Waals surface area (Å²) in [7, 11) is 0. The van der Waals surface area contributed by atoms with E-state index in [0.29, 0.717) is 41.1 Å². The Bertz CT molecular complexity index is 1080. The van der Waals surface area contributed by atoms with Crippen LogP contribution in [0.3, 0.4) is 0 Å². The Hall–Kier alpha value is -3.57. The number of pyridine rings is 1. The number of nitriles is 1. The monoisotopic (exact) mass is 405 g/mol. The molecule has 0 radical (unpaired) electrons. The topological polar surface area (TPSA) is 91.2 Å². The Morgan fingerprint density at radius 3 is 2.69 bits per heavy atom. The molecule has 0 aliphatic carbocycles. The van der Waals surface area contributed by atoms with Gasteiger partial charge in [-0.2, -0.15) is 5.26 Å². The second-order valence-corrected chi connectivity index (χ2v) is 6.83. The van der Waals surface area contributed by atoms with Gasteiger partial charge in [-0.3, -0.25) is 0 Å². The number of para-hydroxylation sites is 1. The summed E-state index contributed by atoms with van der Waals surface area (Å²) in [5, 5.41) is 20.4. The first kappa shape index (κ1) is 18.8. The number of nitrogens with one attached hydrogen (secondary N) is 3. The van der Waals surface area contributed by atoms with Crippen molar-refractivity contribution in [3.8, 4) is 17.6 Å². The van der Waals surface area contributed by atoms with E-state index >= 15 is 0 Å². The van der Waals surface area contributed by atoms with Crippen LogP contribution in [0.1, 0.15) is 12.0 Å². The van der Waals surface area contributed by atoms with Gasteiger partial charge < -0.3 is 25.4 Å². The van der Waals surface area contributed by atoms with E-state index in [4.69, 9.17) is 21.7 Å². The minimum atomic E-state index is 0.204. The van der Waals surface area contributed by atoms with Crippen LogP contribution in [-0.4, -0.2) is 30.0 Å². The lowest BCUT2D eigenvalue weighted by molar-refractivity contribution is 0.174. The summed E-state index contributed by atoms with van der Waals surface area (Å²) in [6.45, 7) is 1.55. The highest BCUT2D eigenvalue weighted by Gasteiger charge is 2.16. The number of aromatic nitrogens is 1. The van der Waals surface area contributed by atoms with Gasteiger partial charge in [0.2, 0.25) is 6.79 Å². The Morgan fingerprint density at radius 2 is 1.90 bits per heavy atom. The van der Waals surface area contributed by atoms with Crippen molar-refractivity contribution in [1.29, 1.82) is 5.26 Å². The van der Waals surface area contributed by atoms with Crippen molar-refractivity contribution in [3.63, 3.8) is 0 Å². The van der Waals surface area contributed by atoms with Gasteiger partial charge in [0.05, 0.1) is 11.1 Å². The molecule has 1 aliphatic rings. The Labute approximate surface area is 173 Å². The largest absolute Gasteiger partial charge is 0.454 e. The van der Waals surface area contributed by atoms with Gasteiger partial charge in [-0.15, -0.1) is 0 Å². The quantitative estimate of drug-likeness (QED) is 0.423. The van der Waals surface area contributed by atoms with Gasteiger partial charge in [0.25, 0.3) is 0 Å². The standard InChI is InChI=1S/C21H19N5O2S/c22-12-15-9-14-10-18-19(28-13-27-18)11-17(14)26-20(15)23-7-4-8-24-21(29)25-16-5-2-1-3-6-16/h1-3,5-6,9-11H,4,7-8,13H2,(H,23,26)(H2,24,25,29). The highest BCUT2D eigenvalue weighted by molar-refractivity contribution is 7.80. The fourth-order valence-electron chi connectivity index (χ4n) is 2.98. The van der Waals surface area contributed by atoms with E-state index in [9.17, 15) is 5.26 Å². The Balaban J connectivity index is 1.32. The third-order valence-electron chi connectivity index (χ3n) is 4.39. The molecule has 0 amide bonds. The number of anilines is 2. The minimum absolute atomic E-state index is 0.204. The molecule has 3 aromatic rings. The molecule has 0 saturated heterocycles. The number of thiocarbonyl (C=S) groups is 1. The first-order chi connectivity index (χ1) is 14.2. The first-order valence-electron chi connectivity index (χ1n) is 9.21. The molecule has 2 heterocycles. The van der Waals surface area contributed by atoms with Gasteiger partial charge in [0.15, 0.2) is 16.6 Å². The number of fused-ring (bicyclic) bond motifs is 2. The first-order valence-corrected chi connectivity index (χ1v) is 9.62. The molecule has 7 nitrogen and oxygen atoms in total. The van der Waals surface area contributed by atoms with Crippen molar-refractivity contribution < 1.29 is 9.47 Å². The molecule has 3 N–H and O–H groups in total. The maximum Gasteiger partial charge on any atom is 0.231 e. The summed E-state index contributed by atoms with van der Waals surface area (Å²) >= 11 is 5.29. The molecular weight excluding hydrogens is 386 g/mol. The average molecular weight is 405 g/mol. The summed E-state index contributed by atoms with van der Waals surface area (Å²) in [4.78, 5) is 4.58. The van der Waals surface area contributed by atoms with Crippen LogP contribution in [0.2, 0.25) is 0 Å². The van der Waals surface area contributed by atoms with Crippen molar-refractivity contribution in [2.75, 3.05) is 30.5 Å². The minimum Gasteiger partial charge on any atom is -0.454 e. The maximum absolute atomic E-state index is 9.46. The highest BCUT2D eigenvalue weighted by Crippen LogP contribution is 2.36. The summed E-state index contributed by atoms with van der Waals surface area (Å²) in [5.41, 5.74) is 2.19. The SMILES string of the molecule is N#Cc1cc2cc3c(cc2nc1NCCCNC(=S)Nc1ccccc1)OCO3. The third kappa shape index (κ3) is 4.47. The van der Waals surface area contributed by atoms with Crippen LogP contribution in [0.4, 0.5) is 11.5 Å². The third-order valence-corrected chi connectivity index (χ3v) is 4.64.